The molecule has 2 atom stereocenters. The quantitative estimate of drug-likeness (QED) is 0.601. The van der Waals surface area contributed by atoms with Gasteiger partial charge in [-0.3, -0.25) is 0 Å². The van der Waals surface area contributed by atoms with Gasteiger partial charge in [-0.05, 0) is 18.8 Å². The van der Waals surface area contributed by atoms with Crippen LogP contribution < -0.4 is 10.6 Å². The number of methoxy groups -OCH3 is 1. The van der Waals surface area contributed by atoms with Gasteiger partial charge in [-0.15, -0.1) is 0 Å². The molecule has 0 heterocycles. The number of carbonyl (C=O) groups excluding carboxylic acids is 1. The molecule has 0 rings (SSSR count). The summed E-state index contributed by atoms with van der Waals surface area (Å²) in [4.78, 5) is 11.5. The van der Waals surface area contributed by atoms with E-state index in [0.717, 1.165) is 6.42 Å². The van der Waals surface area contributed by atoms with Gasteiger partial charge >= 0.3 is 6.03 Å². The van der Waals surface area contributed by atoms with E-state index in [4.69, 9.17) is 4.74 Å². The third-order valence-corrected chi connectivity index (χ3v) is 2.69. The number of aliphatic hydroxyl groups is 1. The van der Waals surface area contributed by atoms with Crippen molar-refractivity contribution in [2.24, 2.45) is 5.92 Å². The van der Waals surface area contributed by atoms with Gasteiger partial charge in [0.15, 0.2) is 0 Å². The Morgan fingerprint density at radius 2 is 2.06 bits per heavy atom. The molecule has 17 heavy (non-hydrogen) atoms. The Morgan fingerprint density at radius 1 is 1.41 bits per heavy atom. The molecule has 2 unspecified atom stereocenters. The second-order valence-electron chi connectivity index (χ2n) is 4.56. The van der Waals surface area contributed by atoms with Crippen molar-refractivity contribution in [1.29, 1.82) is 0 Å². The predicted octanol–water partition coefficient (Wildman–Crippen LogP) is 1.12. The van der Waals surface area contributed by atoms with Crippen molar-refractivity contribution in [1.82, 2.24) is 10.6 Å². The van der Waals surface area contributed by atoms with Crippen LogP contribution in [-0.4, -0.2) is 43.5 Å². The number of rotatable bonds is 8. The SMILES string of the molecule is CCC(COC)NC(=O)NCCC(O)C(C)C. The van der Waals surface area contributed by atoms with Gasteiger partial charge < -0.3 is 20.5 Å². The Morgan fingerprint density at radius 3 is 2.53 bits per heavy atom. The Bertz CT molecular complexity index is 210. The molecule has 0 aromatic heterocycles. The van der Waals surface area contributed by atoms with Crippen LogP contribution in [0.3, 0.4) is 0 Å². The number of hydrogen-bond donors (Lipinski definition) is 3. The van der Waals surface area contributed by atoms with E-state index in [1.165, 1.54) is 0 Å². The van der Waals surface area contributed by atoms with E-state index in [2.05, 4.69) is 10.6 Å². The average molecular weight is 246 g/mol. The van der Waals surface area contributed by atoms with Crippen LogP contribution >= 0.6 is 0 Å². The van der Waals surface area contributed by atoms with Crippen molar-refractivity contribution in [2.45, 2.75) is 45.8 Å². The molecular formula is C12H26N2O3. The standard InChI is InChI=1S/C12H26N2O3/c1-5-10(8-17-4)14-12(16)13-7-6-11(15)9(2)3/h9-11,15H,5-8H2,1-4H3,(H2,13,14,16). The Hall–Kier alpha value is -0.810. The monoisotopic (exact) mass is 246 g/mol. The second-order valence-corrected chi connectivity index (χ2v) is 4.56. The lowest BCUT2D eigenvalue weighted by atomic mass is 10.0. The molecule has 5 nitrogen and oxygen atoms in total. The van der Waals surface area contributed by atoms with Gasteiger partial charge in [0.1, 0.15) is 0 Å². The van der Waals surface area contributed by atoms with Gasteiger partial charge in [0, 0.05) is 13.7 Å². The van der Waals surface area contributed by atoms with Crippen molar-refractivity contribution < 1.29 is 14.6 Å². The maximum absolute atomic E-state index is 11.5. The van der Waals surface area contributed by atoms with Crippen LogP contribution in [0, 0.1) is 5.92 Å². The second kappa shape index (κ2) is 9.24. The summed E-state index contributed by atoms with van der Waals surface area (Å²) in [5.41, 5.74) is 0. The third-order valence-electron chi connectivity index (χ3n) is 2.69. The number of amides is 2. The number of urea groups is 1. The van der Waals surface area contributed by atoms with Crippen LogP contribution in [-0.2, 0) is 4.74 Å². The fourth-order valence-electron chi connectivity index (χ4n) is 1.37. The van der Waals surface area contributed by atoms with Gasteiger partial charge in [0.2, 0.25) is 0 Å². The smallest absolute Gasteiger partial charge is 0.315 e. The molecule has 0 aliphatic heterocycles. The largest absolute Gasteiger partial charge is 0.393 e. The molecular weight excluding hydrogens is 220 g/mol. The van der Waals surface area contributed by atoms with E-state index in [1.807, 2.05) is 20.8 Å². The Labute approximate surface area is 104 Å². The zero-order chi connectivity index (χ0) is 13.3. The molecule has 0 saturated heterocycles. The van der Waals surface area contributed by atoms with Gasteiger partial charge in [-0.25, -0.2) is 4.79 Å². The van der Waals surface area contributed by atoms with Gasteiger partial charge in [0.05, 0.1) is 18.8 Å². The highest BCUT2D eigenvalue weighted by molar-refractivity contribution is 5.74. The molecule has 0 radical (unpaired) electrons. The third kappa shape index (κ3) is 7.99. The van der Waals surface area contributed by atoms with Crippen LogP contribution in [0.15, 0.2) is 0 Å². The lowest BCUT2D eigenvalue weighted by Crippen LogP contribution is -2.44. The molecule has 0 bridgehead atoms. The number of aliphatic hydroxyl groups excluding tert-OH is 1. The van der Waals surface area contributed by atoms with Crippen molar-refractivity contribution in [3.8, 4) is 0 Å². The predicted molar refractivity (Wildman–Crippen MR) is 68.0 cm³/mol. The lowest BCUT2D eigenvalue weighted by Gasteiger charge is -2.18. The molecule has 0 spiro atoms. The maximum atomic E-state index is 11.5. The summed E-state index contributed by atoms with van der Waals surface area (Å²) in [6, 6.07) is -0.167. The zero-order valence-corrected chi connectivity index (χ0v) is 11.3. The van der Waals surface area contributed by atoms with Crippen molar-refractivity contribution in [3.05, 3.63) is 0 Å². The lowest BCUT2D eigenvalue weighted by molar-refractivity contribution is 0.116. The van der Waals surface area contributed by atoms with Crippen LogP contribution in [0.5, 0.6) is 0 Å². The Kier molecular flexibility index (Phi) is 8.80. The summed E-state index contributed by atoms with van der Waals surface area (Å²) >= 11 is 0. The summed E-state index contributed by atoms with van der Waals surface area (Å²) < 4.78 is 4.99. The fraction of sp³-hybridized carbons (Fsp3) is 0.917. The van der Waals surface area contributed by atoms with E-state index < -0.39 is 0 Å². The average Bonchev–Trinajstić information content (AvgIpc) is 2.28. The van der Waals surface area contributed by atoms with E-state index in [0.29, 0.717) is 19.6 Å². The van der Waals surface area contributed by atoms with Crippen molar-refractivity contribution in [3.63, 3.8) is 0 Å². The number of nitrogens with one attached hydrogen (secondary N) is 2. The first-order valence-corrected chi connectivity index (χ1v) is 6.22. The van der Waals surface area contributed by atoms with Crippen molar-refractivity contribution in [2.75, 3.05) is 20.3 Å². The van der Waals surface area contributed by atoms with Gasteiger partial charge in [-0.2, -0.15) is 0 Å². The number of ether oxygens (including phenoxy) is 1. The van der Waals surface area contributed by atoms with E-state index >= 15 is 0 Å². The first-order valence-electron chi connectivity index (χ1n) is 6.22. The highest BCUT2D eigenvalue weighted by Gasteiger charge is 2.11. The van der Waals surface area contributed by atoms with Crippen LogP contribution in [0.25, 0.3) is 0 Å². The van der Waals surface area contributed by atoms with Gasteiger partial charge in [0.25, 0.3) is 0 Å². The normalized spacial score (nSPS) is 14.5. The molecule has 102 valence electrons. The molecule has 2 amide bonds. The summed E-state index contributed by atoms with van der Waals surface area (Å²) in [6.45, 7) is 6.90. The van der Waals surface area contributed by atoms with Crippen LogP contribution in [0.2, 0.25) is 0 Å². The first-order chi connectivity index (χ1) is 8.01. The summed E-state index contributed by atoms with van der Waals surface area (Å²) in [5.74, 6) is 0.219. The topological polar surface area (TPSA) is 70.6 Å². The molecule has 3 N–H and O–H groups in total. The van der Waals surface area contributed by atoms with Crippen LogP contribution in [0.1, 0.15) is 33.6 Å². The van der Waals surface area contributed by atoms with E-state index in [1.54, 1.807) is 7.11 Å². The van der Waals surface area contributed by atoms with E-state index in [-0.39, 0.29) is 24.1 Å². The van der Waals surface area contributed by atoms with Gasteiger partial charge in [-0.1, -0.05) is 20.8 Å². The maximum Gasteiger partial charge on any atom is 0.315 e. The van der Waals surface area contributed by atoms with Crippen molar-refractivity contribution >= 4 is 6.03 Å². The first kappa shape index (κ1) is 16.2. The molecule has 0 aliphatic carbocycles. The summed E-state index contributed by atoms with van der Waals surface area (Å²) in [5, 5.41) is 15.1. The molecule has 0 aromatic carbocycles. The minimum Gasteiger partial charge on any atom is -0.393 e. The minimum atomic E-state index is -0.365. The van der Waals surface area contributed by atoms with Crippen LogP contribution in [0.4, 0.5) is 4.79 Å². The molecule has 0 saturated carbocycles. The highest BCUT2D eigenvalue weighted by Crippen LogP contribution is 2.03. The molecule has 0 fully saturated rings. The molecule has 0 aliphatic rings. The zero-order valence-electron chi connectivity index (χ0n) is 11.3. The Balaban J connectivity index is 3.71. The fourth-order valence-corrected chi connectivity index (χ4v) is 1.37. The number of hydrogen-bond acceptors (Lipinski definition) is 3. The highest BCUT2D eigenvalue weighted by atomic mass is 16.5. The number of carbonyl (C=O) groups is 1. The van der Waals surface area contributed by atoms with E-state index in [9.17, 15) is 9.90 Å². The minimum absolute atomic E-state index is 0.0371. The molecule has 0 aromatic rings. The summed E-state index contributed by atoms with van der Waals surface area (Å²) in [7, 11) is 1.61. The summed E-state index contributed by atoms with van der Waals surface area (Å²) in [6.07, 6.45) is 1.04. The molecule has 5 heteroatoms.